The third-order valence-corrected chi connectivity index (χ3v) is 7.20. The molecular weight excluding hydrogens is 375 g/mol. The average molecular weight is 399 g/mol. The third kappa shape index (κ3) is 3.53. The van der Waals surface area contributed by atoms with Crippen molar-refractivity contribution in [3.8, 4) is 0 Å². The van der Waals surface area contributed by atoms with Crippen LogP contribution in [0.2, 0.25) is 0 Å². The smallest absolute Gasteiger partial charge is 0.254 e. The van der Waals surface area contributed by atoms with Gasteiger partial charge in [-0.15, -0.1) is 11.8 Å². The van der Waals surface area contributed by atoms with Gasteiger partial charge in [-0.25, -0.2) is 4.39 Å². The summed E-state index contributed by atoms with van der Waals surface area (Å²) in [6, 6.07) is 13.4. The van der Waals surface area contributed by atoms with Crippen LogP contribution in [-0.2, 0) is 0 Å². The van der Waals surface area contributed by atoms with E-state index in [0.29, 0.717) is 18.7 Å². The minimum atomic E-state index is -0.346. The maximum absolute atomic E-state index is 13.1. The molecule has 2 aromatic carbocycles. The first kappa shape index (κ1) is 19.0. The van der Waals surface area contributed by atoms with Crippen LogP contribution >= 0.6 is 11.8 Å². The van der Waals surface area contributed by atoms with Crippen molar-refractivity contribution in [1.82, 2.24) is 9.80 Å². The second-order valence-corrected chi connectivity index (χ2v) is 8.87. The van der Waals surface area contributed by atoms with Crippen molar-refractivity contribution in [2.24, 2.45) is 0 Å². The number of hydrogen-bond acceptors (Lipinski definition) is 3. The first-order valence-corrected chi connectivity index (χ1v) is 10.5. The SMILES string of the molecule is Cc1ccc(C(=O)N2CCSC23CCN(C(=O)c2ccc(F)cc2)CC3)cc1. The Bertz CT molecular complexity index is 874. The molecule has 0 aliphatic carbocycles. The molecule has 0 N–H and O–H groups in total. The minimum absolute atomic E-state index is 0.0725. The number of halogens is 1. The van der Waals surface area contributed by atoms with Crippen molar-refractivity contribution >= 4 is 23.6 Å². The molecule has 4 nitrogen and oxygen atoms in total. The normalized spacial score (nSPS) is 18.5. The highest BCUT2D eigenvalue weighted by Crippen LogP contribution is 2.44. The van der Waals surface area contributed by atoms with Gasteiger partial charge in [0.1, 0.15) is 5.82 Å². The van der Waals surface area contributed by atoms with E-state index in [-0.39, 0.29) is 22.5 Å². The van der Waals surface area contributed by atoms with E-state index in [1.807, 2.05) is 52.8 Å². The first-order valence-electron chi connectivity index (χ1n) is 9.56. The van der Waals surface area contributed by atoms with Gasteiger partial charge in [0.15, 0.2) is 0 Å². The molecule has 0 atom stereocenters. The maximum Gasteiger partial charge on any atom is 0.254 e. The molecule has 6 heteroatoms. The zero-order valence-corrected chi connectivity index (χ0v) is 16.7. The van der Waals surface area contributed by atoms with Gasteiger partial charge >= 0.3 is 0 Å². The van der Waals surface area contributed by atoms with Crippen molar-refractivity contribution in [2.45, 2.75) is 24.6 Å². The monoisotopic (exact) mass is 398 g/mol. The van der Waals surface area contributed by atoms with E-state index in [0.717, 1.165) is 36.3 Å². The largest absolute Gasteiger partial charge is 0.338 e. The number of amides is 2. The maximum atomic E-state index is 13.1. The van der Waals surface area contributed by atoms with Crippen molar-refractivity contribution in [3.63, 3.8) is 0 Å². The number of benzene rings is 2. The summed E-state index contributed by atoms with van der Waals surface area (Å²) in [6.45, 7) is 3.94. The standard InChI is InChI=1S/C22H23FN2O2S/c1-16-2-4-18(5-3-16)21(27)25-14-15-28-22(25)10-12-24(13-11-22)20(26)17-6-8-19(23)9-7-17/h2-9H,10-15H2,1H3. The van der Waals surface area contributed by atoms with E-state index in [1.54, 1.807) is 0 Å². The van der Waals surface area contributed by atoms with Gasteiger partial charge in [-0.3, -0.25) is 9.59 Å². The Morgan fingerprint density at radius 2 is 1.46 bits per heavy atom. The van der Waals surface area contributed by atoms with Crippen LogP contribution in [0.25, 0.3) is 0 Å². The van der Waals surface area contributed by atoms with Crippen LogP contribution in [0.1, 0.15) is 39.1 Å². The van der Waals surface area contributed by atoms with Crippen LogP contribution < -0.4 is 0 Å². The molecule has 2 heterocycles. The van der Waals surface area contributed by atoms with Crippen LogP contribution in [-0.4, -0.2) is 51.9 Å². The number of aryl methyl sites for hydroxylation is 1. The Morgan fingerprint density at radius 3 is 2.11 bits per heavy atom. The third-order valence-electron chi connectivity index (χ3n) is 5.64. The lowest BCUT2D eigenvalue weighted by Gasteiger charge is -2.44. The molecule has 4 rings (SSSR count). The summed E-state index contributed by atoms with van der Waals surface area (Å²) in [5, 5.41) is 0. The summed E-state index contributed by atoms with van der Waals surface area (Å²) in [6.07, 6.45) is 1.50. The number of rotatable bonds is 2. The number of carbonyl (C=O) groups excluding carboxylic acids is 2. The molecule has 28 heavy (non-hydrogen) atoms. The van der Waals surface area contributed by atoms with Gasteiger partial charge in [-0.05, 0) is 56.2 Å². The van der Waals surface area contributed by atoms with Crippen molar-refractivity contribution in [3.05, 3.63) is 71.0 Å². The average Bonchev–Trinajstić information content (AvgIpc) is 3.11. The number of hydrogen-bond donors (Lipinski definition) is 0. The van der Waals surface area contributed by atoms with Gasteiger partial charge < -0.3 is 9.80 Å². The molecule has 0 radical (unpaired) electrons. The second kappa shape index (κ2) is 7.59. The lowest BCUT2D eigenvalue weighted by molar-refractivity contribution is 0.0498. The number of carbonyl (C=O) groups is 2. The first-order chi connectivity index (χ1) is 13.5. The van der Waals surface area contributed by atoms with E-state index in [4.69, 9.17) is 0 Å². The number of thioether (sulfide) groups is 1. The Balaban J connectivity index is 1.46. The second-order valence-electron chi connectivity index (χ2n) is 7.42. The van der Waals surface area contributed by atoms with E-state index in [9.17, 15) is 14.0 Å². The Kier molecular flexibility index (Phi) is 5.15. The highest BCUT2D eigenvalue weighted by molar-refractivity contribution is 8.00. The fraction of sp³-hybridized carbons (Fsp3) is 0.364. The van der Waals surface area contributed by atoms with E-state index in [2.05, 4.69) is 0 Å². The van der Waals surface area contributed by atoms with Crippen LogP contribution in [0, 0.1) is 12.7 Å². The summed E-state index contributed by atoms with van der Waals surface area (Å²) in [4.78, 5) is 29.4. The molecule has 2 fully saturated rings. The van der Waals surface area contributed by atoms with Gasteiger partial charge in [-0.1, -0.05) is 17.7 Å². The molecule has 2 aliphatic heterocycles. The zero-order valence-electron chi connectivity index (χ0n) is 15.9. The number of piperidine rings is 1. The zero-order chi connectivity index (χ0) is 19.7. The van der Waals surface area contributed by atoms with Crippen LogP contribution in [0.4, 0.5) is 4.39 Å². The van der Waals surface area contributed by atoms with Gasteiger partial charge in [0.05, 0.1) is 4.87 Å². The quantitative estimate of drug-likeness (QED) is 0.769. The summed E-state index contributed by atoms with van der Waals surface area (Å²) < 4.78 is 13.1. The number of nitrogens with zero attached hydrogens (tertiary/aromatic N) is 2. The Hall–Kier alpha value is -2.34. The van der Waals surface area contributed by atoms with Crippen molar-refractivity contribution in [2.75, 3.05) is 25.4 Å². The minimum Gasteiger partial charge on any atom is -0.338 e. The van der Waals surface area contributed by atoms with Gasteiger partial charge in [0.25, 0.3) is 11.8 Å². The van der Waals surface area contributed by atoms with Crippen LogP contribution in [0.15, 0.2) is 48.5 Å². The van der Waals surface area contributed by atoms with Crippen LogP contribution in [0.3, 0.4) is 0 Å². The molecule has 2 saturated heterocycles. The van der Waals surface area contributed by atoms with Gasteiger partial charge in [0, 0.05) is 36.5 Å². The molecule has 2 aliphatic rings. The highest BCUT2D eigenvalue weighted by atomic mass is 32.2. The van der Waals surface area contributed by atoms with Crippen LogP contribution in [0.5, 0.6) is 0 Å². The van der Waals surface area contributed by atoms with Gasteiger partial charge in [0.2, 0.25) is 0 Å². The van der Waals surface area contributed by atoms with E-state index in [1.165, 1.54) is 24.3 Å². The van der Waals surface area contributed by atoms with E-state index < -0.39 is 0 Å². The highest BCUT2D eigenvalue weighted by Gasteiger charge is 2.47. The predicted molar refractivity (Wildman–Crippen MR) is 109 cm³/mol. The number of likely N-dealkylation sites (tertiary alicyclic amines) is 1. The lowest BCUT2D eigenvalue weighted by Crippen LogP contribution is -2.53. The summed E-state index contributed by atoms with van der Waals surface area (Å²) in [5.74, 6) is 0.572. The molecule has 2 amide bonds. The molecule has 0 bridgehead atoms. The molecule has 146 valence electrons. The summed E-state index contributed by atoms with van der Waals surface area (Å²) >= 11 is 1.83. The lowest BCUT2D eigenvalue weighted by atomic mass is 10.00. The predicted octanol–water partition coefficient (Wildman–Crippen LogP) is 3.96. The Morgan fingerprint density at radius 1 is 0.893 bits per heavy atom. The molecule has 0 unspecified atom stereocenters. The summed E-state index contributed by atoms with van der Waals surface area (Å²) in [5.41, 5.74) is 2.36. The molecule has 1 spiro atoms. The topological polar surface area (TPSA) is 40.6 Å². The fourth-order valence-corrected chi connectivity index (χ4v) is 5.45. The van der Waals surface area contributed by atoms with E-state index >= 15 is 0 Å². The molecular formula is C22H23FN2O2S. The Labute approximate surface area is 168 Å². The van der Waals surface area contributed by atoms with Crippen molar-refractivity contribution in [1.29, 1.82) is 0 Å². The molecule has 0 aromatic heterocycles. The van der Waals surface area contributed by atoms with Gasteiger partial charge in [-0.2, -0.15) is 0 Å². The van der Waals surface area contributed by atoms with Crippen molar-refractivity contribution < 1.29 is 14.0 Å². The fourth-order valence-electron chi connectivity index (χ4n) is 4.00. The summed E-state index contributed by atoms with van der Waals surface area (Å²) in [7, 11) is 0. The molecule has 2 aromatic rings. The molecule has 0 saturated carbocycles.